The summed E-state index contributed by atoms with van der Waals surface area (Å²) in [7, 11) is 3.24. The Labute approximate surface area is 173 Å². The van der Waals surface area contributed by atoms with Crippen molar-refractivity contribution in [3.05, 3.63) is 72.4 Å². The van der Waals surface area contributed by atoms with Crippen LogP contribution in [0.15, 0.2) is 66.9 Å². The minimum Gasteiger partial charge on any atom is -0.497 e. The lowest BCUT2D eigenvalue weighted by Gasteiger charge is -2.06. The summed E-state index contributed by atoms with van der Waals surface area (Å²) in [5, 5.41) is 10.1. The number of carbonyl (C=O) groups excluding carboxylic acids is 1. The van der Waals surface area contributed by atoms with Crippen LogP contribution in [0.3, 0.4) is 0 Å². The Kier molecular flexibility index (Phi) is 5.47. The number of nitrogens with one attached hydrogen (secondary N) is 2. The van der Waals surface area contributed by atoms with Crippen LogP contribution in [0.2, 0.25) is 0 Å². The molecule has 0 fully saturated rings. The Balaban J connectivity index is 1.43. The number of ether oxygens (including phenoxy) is 2. The van der Waals surface area contributed by atoms with Gasteiger partial charge in [-0.2, -0.15) is 5.10 Å². The zero-order valence-corrected chi connectivity index (χ0v) is 16.6. The fourth-order valence-corrected chi connectivity index (χ4v) is 2.96. The van der Waals surface area contributed by atoms with Crippen LogP contribution in [-0.4, -0.2) is 34.8 Å². The van der Waals surface area contributed by atoms with Gasteiger partial charge in [-0.05, 0) is 42.0 Å². The molecule has 4 aromatic rings. The molecule has 0 aliphatic carbocycles. The van der Waals surface area contributed by atoms with Gasteiger partial charge in [0, 0.05) is 12.1 Å². The van der Waals surface area contributed by atoms with E-state index < -0.39 is 0 Å². The highest BCUT2D eigenvalue weighted by Gasteiger charge is 2.09. The van der Waals surface area contributed by atoms with Crippen molar-refractivity contribution in [3.63, 3.8) is 0 Å². The first-order chi connectivity index (χ1) is 14.6. The van der Waals surface area contributed by atoms with Gasteiger partial charge in [0.05, 0.1) is 26.1 Å². The molecule has 0 bridgehead atoms. The number of imidazole rings is 1. The molecule has 2 aromatic heterocycles. The van der Waals surface area contributed by atoms with E-state index >= 15 is 0 Å². The minimum atomic E-state index is -0.345. The number of carbonyl (C=O) groups is 1. The first-order valence-electron chi connectivity index (χ1n) is 9.33. The van der Waals surface area contributed by atoms with E-state index in [0.717, 1.165) is 28.3 Å². The second-order valence-electron chi connectivity index (χ2n) is 6.54. The van der Waals surface area contributed by atoms with Crippen molar-refractivity contribution in [1.29, 1.82) is 0 Å². The third kappa shape index (κ3) is 4.33. The van der Waals surface area contributed by atoms with Crippen LogP contribution in [0, 0.1) is 0 Å². The molecule has 8 nitrogen and oxygen atoms in total. The van der Waals surface area contributed by atoms with Crippen molar-refractivity contribution in [3.8, 4) is 22.8 Å². The molecule has 2 heterocycles. The number of benzene rings is 2. The Morgan fingerprint density at radius 3 is 2.57 bits per heavy atom. The average molecular weight is 403 g/mol. The van der Waals surface area contributed by atoms with Crippen LogP contribution in [0.25, 0.3) is 16.9 Å². The lowest BCUT2D eigenvalue weighted by molar-refractivity contribution is 0.251. The lowest BCUT2D eigenvalue weighted by Crippen LogP contribution is -2.28. The van der Waals surface area contributed by atoms with E-state index in [1.165, 1.54) is 0 Å². The molecule has 0 radical (unpaired) electrons. The number of hydrogen-bond donors (Lipinski definition) is 2. The van der Waals surface area contributed by atoms with Crippen molar-refractivity contribution >= 4 is 17.5 Å². The maximum atomic E-state index is 12.2. The summed E-state index contributed by atoms with van der Waals surface area (Å²) in [4.78, 5) is 16.6. The van der Waals surface area contributed by atoms with E-state index in [1.54, 1.807) is 24.9 Å². The Bertz CT molecular complexity index is 1170. The number of nitrogens with zero attached hydrogens (tertiary/aromatic N) is 3. The third-order valence-electron chi connectivity index (χ3n) is 4.54. The van der Waals surface area contributed by atoms with Gasteiger partial charge in [0.2, 0.25) is 0 Å². The number of hydrogen-bond acceptors (Lipinski definition) is 5. The van der Waals surface area contributed by atoms with Crippen molar-refractivity contribution in [2.24, 2.45) is 0 Å². The molecule has 0 saturated heterocycles. The molecular formula is C22H21N5O3. The number of rotatable bonds is 6. The molecule has 0 atom stereocenters. The number of fused-ring (bicyclic) bond motifs is 1. The highest BCUT2D eigenvalue weighted by molar-refractivity contribution is 5.88. The average Bonchev–Trinajstić information content (AvgIpc) is 3.19. The van der Waals surface area contributed by atoms with Gasteiger partial charge in [0.25, 0.3) is 0 Å². The normalized spacial score (nSPS) is 10.6. The molecule has 0 unspecified atom stereocenters. The predicted octanol–water partition coefficient (Wildman–Crippen LogP) is 3.74. The fraction of sp³-hybridized carbons (Fsp3) is 0.136. The van der Waals surface area contributed by atoms with Gasteiger partial charge in [0.1, 0.15) is 11.5 Å². The van der Waals surface area contributed by atoms with Crippen molar-refractivity contribution in [2.75, 3.05) is 19.5 Å². The zero-order chi connectivity index (χ0) is 20.9. The van der Waals surface area contributed by atoms with E-state index in [-0.39, 0.29) is 6.03 Å². The minimum absolute atomic E-state index is 0.345. The van der Waals surface area contributed by atoms with Crippen LogP contribution < -0.4 is 20.1 Å². The number of anilines is 1. The molecule has 2 amide bonds. The Morgan fingerprint density at radius 2 is 1.80 bits per heavy atom. The monoisotopic (exact) mass is 403 g/mol. The number of aromatic nitrogens is 3. The zero-order valence-electron chi connectivity index (χ0n) is 16.6. The van der Waals surface area contributed by atoms with Crippen LogP contribution in [0.5, 0.6) is 11.5 Å². The molecule has 0 saturated carbocycles. The molecule has 30 heavy (non-hydrogen) atoms. The third-order valence-corrected chi connectivity index (χ3v) is 4.54. The second-order valence-corrected chi connectivity index (χ2v) is 6.54. The van der Waals surface area contributed by atoms with E-state index in [9.17, 15) is 4.79 Å². The summed E-state index contributed by atoms with van der Waals surface area (Å²) >= 11 is 0. The molecule has 2 aromatic carbocycles. The second kappa shape index (κ2) is 8.52. The van der Waals surface area contributed by atoms with Gasteiger partial charge < -0.3 is 14.8 Å². The highest BCUT2D eigenvalue weighted by Crippen LogP contribution is 2.22. The van der Waals surface area contributed by atoms with E-state index in [4.69, 9.17) is 9.47 Å². The summed E-state index contributed by atoms with van der Waals surface area (Å²) < 4.78 is 12.0. The van der Waals surface area contributed by atoms with Gasteiger partial charge in [-0.1, -0.05) is 24.3 Å². The van der Waals surface area contributed by atoms with Crippen molar-refractivity contribution in [2.45, 2.75) is 6.54 Å². The van der Waals surface area contributed by atoms with Gasteiger partial charge in [-0.15, -0.1) is 0 Å². The smallest absolute Gasteiger partial charge is 0.320 e. The molecule has 0 aliphatic heterocycles. The summed E-state index contributed by atoms with van der Waals surface area (Å²) in [5.74, 6) is 1.95. The summed E-state index contributed by atoms with van der Waals surface area (Å²) in [6, 6.07) is 18.5. The van der Waals surface area contributed by atoms with Gasteiger partial charge in [-0.25, -0.2) is 14.3 Å². The highest BCUT2D eigenvalue weighted by atomic mass is 16.5. The quantitative estimate of drug-likeness (QED) is 0.512. The number of amides is 2. The largest absolute Gasteiger partial charge is 0.497 e. The molecule has 4 rings (SSSR count). The SMILES string of the molecule is COc1ccc(CNC(=O)Nc2cn3nc(-c4cccc(OC)c4)ccc3n2)cc1. The van der Waals surface area contributed by atoms with Crippen LogP contribution in [0.4, 0.5) is 10.6 Å². The summed E-state index contributed by atoms with van der Waals surface area (Å²) in [6.07, 6.45) is 1.67. The summed E-state index contributed by atoms with van der Waals surface area (Å²) in [6.45, 7) is 0.390. The molecular weight excluding hydrogens is 382 g/mol. The van der Waals surface area contributed by atoms with E-state index in [0.29, 0.717) is 18.0 Å². The van der Waals surface area contributed by atoms with Gasteiger partial charge in [0.15, 0.2) is 11.5 Å². The van der Waals surface area contributed by atoms with Gasteiger partial charge in [-0.3, -0.25) is 5.32 Å². The number of urea groups is 1. The van der Waals surface area contributed by atoms with Crippen LogP contribution in [0.1, 0.15) is 5.56 Å². The lowest BCUT2D eigenvalue weighted by atomic mass is 10.1. The maximum Gasteiger partial charge on any atom is 0.320 e. The van der Waals surface area contributed by atoms with E-state index in [1.807, 2.05) is 60.7 Å². The Morgan fingerprint density at radius 1 is 1.00 bits per heavy atom. The number of methoxy groups -OCH3 is 2. The van der Waals surface area contributed by atoms with Gasteiger partial charge >= 0.3 is 6.03 Å². The van der Waals surface area contributed by atoms with Crippen molar-refractivity contribution < 1.29 is 14.3 Å². The molecule has 8 heteroatoms. The predicted molar refractivity (Wildman–Crippen MR) is 114 cm³/mol. The first-order valence-corrected chi connectivity index (χ1v) is 9.33. The first kappa shape index (κ1) is 19.3. The van der Waals surface area contributed by atoms with E-state index in [2.05, 4.69) is 20.7 Å². The Hall–Kier alpha value is -4.07. The molecule has 152 valence electrons. The maximum absolute atomic E-state index is 12.2. The van der Waals surface area contributed by atoms with Crippen LogP contribution in [-0.2, 0) is 6.54 Å². The molecule has 0 aliphatic rings. The summed E-state index contributed by atoms with van der Waals surface area (Å²) in [5.41, 5.74) is 3.30. The topological polar surface area (TPSA) is 89.8 Å². The molecule has 0 spiro atoms. The molecule has 2 N–H and O–H groups in total. The fourth-order valence-electron chi connectivity index (χ4n) is 2.96. The standard InChI is InChI=1S/C22H21N5O3/c1-29-17-8-6-15(7-9-17)13-23-22(28)25-20-14-27-21(24-20)11-10-19(26-27)16-4-3-5-18(12-16)30-2/h3-12,14H,13H2,1-2H3,(H2,23,25,28). The van der Waals surface area contributed by atoms with Crippen LogP contribution >= 0.6 is 0 Å². The van der Waals surface area contributed by atoms with Crippen molar-refractivity contribution in [1.82, 2.24) is 19.9 Å².